The van der Waals surface area contributed by atoms with Gasteiger partial charge in [-0.25, -0.2) is 28.0 Å². The number of aromatic nitrogens is 4. The molecule has 4 aromatic heterocycles. The second kappa shape index (κ2) is 8.73. The molecule has 0 saturated heterocycles. The standard InChI is InChI=1S/C25H20N5.ClHO4/c1-28(2)25-29-14-8-6-12-21(29)24-23(19-11-5-7-13-26-19)27-20-15-17-9-3-4-10-18(17)16-22(20)30(24)25;2-1(3,4)5/h3-16H,1-2H3;(H,2,3,4,5)/q+1;/p-1. The van der Waals surface area contributed by atoms with Crippen LogP contribution < -0.4 is 27.9 Å². The minimum absolute atomic E-state index is 0.867. The van der Waals surface area contributed by atoms with Gasteiger partial charge in [0.25, 0.3) is 0 Å². The fourth-order valence-electron chi connectivity index (χ4n) is 4.34. The molecular weight excluding hydrogens is 470 g/mol. The molecule has 0 saturated carbocycles. The summed E-state index contributed by atoms with van der Waals surface area (Å²) in [5, 5.41) is 2.38. The summed E-state index contributed by atoms with van der Waals surface area (Å²) >= 11 is 0. The molecule has 0 spiro atoms. The Balaban J connectivity index is 0.000000464. The van der Waals surface area contributed by atoms with E-state index in [0.29, 0.717) is 0 Å². The third-order valence-corrected chi connectivity index (χ3v) is 5.59. The van der Waals surface area contributed by atoms with Crippen molar-refractivity contribution in [2.24, 2.45) is 0 Å². The predicted octanol–water partition coefficient (Wildman–Crippen LogP) is -0.249. The second-order valence-corrected chi connectivity index (χ2v) is 8.83. The summed E-state index contributed by atoms with van der Waals surface area (Å²) in [4.78, 5) is 11.9. The molecule has 0 atom stereocenters. The lowest BCUT2D eigenvalue weighted by molar-refractivity contribution is -2.00. The third-order valence-electron chi connectivity index (χ3n) is 5.59. The highest BCUT2D eigenvalue weighted by Gasteiger charge is 2.27. The molecule has 176 valence electrons. The largest absolute Gasteiger partial charge is 0.370 e. The monoisotopic (exact) mass is 489 g/mol. The van der Waals surface area contributed by atoms with Gasteiger partial charge in [0, 0.05) is 6.20 Å². The number of pyridine rings is 2. The lowest BCUT2D eigenvalue weighted by atomic mass is 10.1. The van der Waals surface area contributed by atoms with Gasteiger partial charge in [-0.15, -0.1) is 10.2 Å². The topological polar surface area (TPSA) is 130 Å². The van der Waals surface area contributed by atoms with Gasteiger partial charge < -0.3 is 0 Å². The van der Waals surface area contributed by atoms with Crippen molar-refractivity contribution in [2.45, 2.75) is 0 Å². The number of fused-ring (bicyclic) bond motifs is 6. The van der Waals surface area contributed by atoms with Crippen LogP contribution in [0.3, 0.4) is 0 Å². The number of imidazole rings is 1. The van der Waals surface area contributed by atoms with Gasteiger partial charge in [-0.3, -0.25) is 9.88 Å². The molecule has 2 aromatic carbocycles. The summed E-state index contributed by atoms with van der Waals surface area (Å²) in [5.74, 6) is 1.07. The predicted molar refractivity (Wildman–Crippen MR) is 121 cm³/mol. The third kappa shape index (κ3) is 4.34. The lowest BCUT2D eigenvalue weighted by Crippen LogP contribution is -2.68. The zero-order valence-corrected chi connectivity index (χ0v) is 19.6. The van der Waals surface area contributed by atoms with E-state index in [0.717, 1.165) is 39.4 Å². The van der Waals surface area contributed by atoms with E-state index in [1.807, 2.05) is 24.4 Å². The Morgan fingerprint density at radius 3 is 2.17 bits per heavy atom. The molecule has 0 amide bonds. The Morgan fingerprint density at radius 1 is 0.857 bits per heavy atom. The van der Waals surface area contributed by atoms with Crippen LogP contribution in [-0.2, 0) is 0 Å². The average Bonchev–Trinajstić information content (AvgIpc) is 3.18. The number of nitrogens with zero attached hydrogens (tertiary/aromatic N) is 5. The summed E-state index contributed by atoms with van der Waals surface area (Å²) < 4.78 is 38.5. The van der Waals surface area contributed by atoms with Crippen molar-refractivity contribution in [2.75, 3.05) is 19.0 Å². The zero-order valence-electron chi connectivity index (χ0n) is 18.8. The maximum Gasteiger partial charge on any atom is 0.370 e. The summed E-state index contributed by atoms with van der Waals surface area (Å²) in [7, 11) is -0.788. The molecule has 6 rings (SSSR count). The van der Waals surface area contributed by atoms with Crippen LogP contribution in [0.4, 0.5) is 5.95 Å². The highest BCUT2D eigenvalue weighted by Crippen LogP contribution is 2.33. The normalized spacial score (nSPS) is 11.7. The molecule has 0 fully saturated rings. The van der Waals surface area contributed by atoms with Crippen molar-refractivity contribution in [1.29, 1.82) is 0 Å². The van der Waals surface area contributed by atoms with E-state index in [1.165, 1.54) is 10.8 Å². The Kier molecular flexibility index (Phi) is 5.72. The van der Waals surface area contributed by atoms with Crippen LogP contribution in [0.25, 0.3) is 44.2 Å². The number of benzene rings is 2. The molecule has 9 nitrogen and oxygen atoms in total. The van der Waals surface area contributed by atoms with E-state index in [-0.39, 0.29) is 0 Å². The first-order chi connectivity index (χ1) is 16.7. The van der Waals surface area contributed by atoms with Crippen LogP contribution in [-0.4, -0.2) is 28.5 Å². The molecule has 6 aromatic rings. The molecule has 0 aliphatic heterocycles. The van der Waals surface area contributed by atoms with Crippen LogP contribution in [0.15, 0.2) is 85.2 Å². The van der Waals surface area contributed by atoms with Crippen LogP contribution in [0.2, 0.25) is 0 Å². The van der Waals surface area contributed by atoms with Gasteiger partial charge in [-0.2, -0.15) is 4.40 Å². The first-order valence-electron chi connectivity index (χ1n) is 10.6. The molecule has 0 bridgehead atoms. The molecule has 0 aliphatic rings. The van der Waals surface area contributed by atoms with Gasteiger partial charge in [0.05, 0.1) is 26.0 Å². The summed E-state index contributed by atoms with van der Waals surface area (Å²) in [6, 6.07) is 25.1. The Labute approximate surface area is 202 Å². The molecular formula is C25H20ClN5O4. The Hall–Kier alpha value is -3.86. The van der Waals surface area contributed by atoms with Gasteiger partial charge >= 0.3 is 5.95 Å². The highest BCUT2D eigenvalue weighted by atomic mass is 35.7. The van der Waals surface area contributed by atoms with Crippen molar-refractivity contribution in [3.8, 4) is 11.4 Å². The van der Waals surface area contributed by atoms with Crippen molar-refractivity contribution >= 4 is 38.8 Å². The van der Waals surface area contributed by atoms with Crippen molar-refractivity contribution in [3.63, 3.8) is 0 Å². The zero-order chi connectivity index (χ0) is 24.7. The van der Waals surface area contributed by atoms with Crippen LogP contribution in [0, 0.1) is 10.2 Å². The number of hydrogen-bond acceptors (Lipinski definition) is 7. The summed E-state index contributed by atoms with van der Waals surface area (Å²) in [5.41, 5.74) is 5.94. The number of hydrogen-bond donors (Lipinski definition) is 0. The van der Waals surface area contributed by atoms with Crippen molar-refractivity contribution in [1.82, 2.24) is 14.4 Å². The van der Waals surface area contributed by atoms with Gasteiger partial charge in [-0.05, 0) is 47.2 Å². The minimum atomic E-state index is -4.94. The first kappa shape index (κ1) is 22.9. The van der Waals surface area contributed by atoms with Gasteiger partial charge in [-0.1, -0.05) is 36.4 Å². The lowest BCUT2D eigenvalue weighted by Gasteiger charge is -2.17. The fraction of sp³-hybridized carbons (Fsp3) is 0.0800. The van der Waals surface area contributed by atoms with Crippen LogP contribution in [0.1, 0.15) is 0 Å². The first-order valence-corrected chi connectivity index (χ1v) is 11.8. The molecule has 0 N–H and O–H groups in total. The molecule has 0 aliphatic carbocycles. The van der Waals surface area contributed by atoms with E-state index in [1.54, 1.807) is 0 Å². The van der Waals surface area contributed by atoms with E-state index < -0.39 is 10.2 Å². The Morgan fingerprint density at radius 2 is 1.51 bits per heavy atom. The number of anilines is 1. The fourth-order valence-corrected chi connectivity index (χ4v) is 4.34. The molecule has 10 heteroatoms. The van der Waals surface area contributed by atoms with Crippen molar-refractivity contribution < 1.29 is 33.3 Å². The smallest absolute Gasteiger partial charge is 0.269 e. The molecule has 4 heterocycles. The van der Waals surface area contributed by atoms with Gasteiger partial charge in [0.15, 0.2) is 5.52 Å². The number of rotatable bonds is 2. The number of halogens is 1. The molecule has 0 unspecified atom stereocenters. The van der Waals surface area contributed by atoms with Crippen LogP contribution >= 0.6 is 0 Å². The van der Waals surface area contributed by atoms with E-state index in [2.05, 4.69) is 93.6 Å². The van der Waals surface area contributed by atoms with Crippen molar-refractivity contribution in [3.05, 3.63) is 85.2 Å². The second-order valence-electron chi connectivity index (χ2n) is 8.08. The molecule has 35 heavy (non-hydrogen) atoms. The van der Waals surface area contributed by atoms with Gasteiger partial charge in [0.1, 0.15) is 22.2 Å². The molecule has 0 radical (unpaired) electrons. The average molecular weight is 490 g/mol. The SMILES string of the molecule is CN(C)c1n2c3cc4ccccc4cc3nc(-c3ccccn3)c2c2cccc[n+]12.[O-][Cl+3]([O-])([O-])[O-]. The van der Waals surface area contributed by atoms with E-state index >= 15 is 0 Å². The highest BCUT2D eigenvalue weighted by molar-refractivity contribution is 6.00. The van der Waals surface area contributed by atoms with Crippen LogP contribution in [0.5, 0.6) is 0 Å². The maximum atomic E-state index is 8.49. The minimum Gasteiger partial charge on any atom is -0.269 e. The summed E-state index contributed by atoms with van der Waals surface area (Å²) in [6.07, 6.45) is 3.93. The maximum absolute atomic E-state index is 8.49. The van der Waals surface area contributed by atoms with E-state index in [4.69, 9.17) is 23.6 Å². The quantitative estimate of drug-likeness (QED) is 0.242. The summed E-state index contributed by atoms with van der Waals surface area (Å²) in [6.45, 7) is 0. The van der Waals surface area contributed by atoms with Gasteiger partial charge in [0.2, 0.25) is 0 Å². The Bertz CT molecular complexity index is 1670. The van der Waals surface area contributed by atoms with E-state index in [9.17, 15) is 0 Å².